The fourth-order valence-electron chi connectivity index (χ4n) is 3.28. The molecular weight excluding hydrogens is 449 g/mol. The lowest BCUT2D eigenvalue weighted by Gasteiger charge is -2.13. The van der Waals surface area contributed by atoms with Crippen molar-refractivity contribution in [1.29, 1.82) is 0 Å². The number of benzene rings is 3. The molecular formula is C26H23F3O3S. The third-order valence-corrected chi connectivity index (χ3v) is 5.96. The summed E-state index contributed by atoms with van der Waals surface area (Å²) in [6, 6.07) is 21.1. The van der Waals surface area contributed by atoms with Crippen LogP contribution in [0.15, 0.2) is 83.8 Å². The lowest BCUT2D eigenvalue weighted by Crippen LogP contribution is -2.09. The Labute approximate surface area is 194 Å². The molecule has 0 aliphatic rings. The van der Waals surface area contributed by atoms with Crippen molar-refractivity contribution in [3.63, 3.8) is 0 Å². The van der Waals surface area contributed by atoms with Gasteiger partial charge in [-0.25, -0.2) is 18.0 Å². The van der Waals surface area contributed by atoms with Crippen LogP contribution in [0.3, 0.4) is 0 Å². The second kappa shape index (κ2) is 11.6. The summed E-state index contributed by atoms with van der Waals surface area (Å²) >= 11 is 1.57. The second-order valence-corrected chi connectivity index (χ2v) is 8.33. The fraction of sp³-hybridized carbons (Fsp3) is 0.192. The number of carboxylic acid groups (broad SMARTS) is 1. The first-order valence-corrected chi connectivity index (χ1v) is 11.2. The van der Waals surface area contributed by atoms with Gasteiger partial charge in [0.2, 0.25) is 0 Å². The van der Waals surface area contributed by atoms with Crippen molar-refractivity contribution in [2.75, 3.05) is 12.4 Å². The lowest BCUT2D eigenvalue weighted by molar-refractivity contribution is -0.139. The normalized spacial score (nSPS) is 12.6. The molecule has 0 spiro atoms. The number of ether oxygens (including phenoxy) is 1. The van der Waals surface area contributed by atoms with E-state index in [1.807, 2.05) is 49.4 Å². The number of alkyl halides is 3. The van der Waals surface area contributed by atoms with E-state index in [1.165, 1.54) is 12.1 Å². The average molecular weight is 473 g/mol. The van der Waals surface area contributed by atoms with Crippen LogP contribution in [0.5, 0.6) is 5.75 Å². The summed E-state index contributed by atoms with van der Waals surface area (Å²) in [6.45, 7) is 1.51. The van der Waals surface area contributed by atoms with Gasteiger partial charge in [0, 0.05) is 10.6 Å². The van der Waals surface area contributed by atoms with Crippen molar-refractivity contribution < 1.29 is 27.8 Å². The van der Waals surface area contributed by atoms with Crippen molar-refractivity contribution in [3.05, 3.63) is 101 Å². The minimum Gasteiger partial charge on any atom is -0.482 e. The molecule has 7 heteroatoms. The molecule has 1 N–H and O–H groups in total. The molecule has 0 bridgehead atoms. The molecule has 172 valence electrons. The first kappa shape index (κ1) is 24.5. The number of hydrogen-bond acceptors (Lipinski definition) is 3. The number of carboxylic acids is 1. The van der Waals surface area contributed by atoms with Crippen molar-refractivity contribution in [2.45, 2.75) is 24.4 Å². The molecule has 1 atom stereocenters. The number of thioether (sulfide) groups is 1. The predicted octanol–water partition coefficient (Wildman–Crippen LogP) is 6.96. The Morgan fingerprint density at radius 2 is 1.73 bits per heavy atom. The zero-order chi connectivity index (χ0) is 23.8. The minimum absolute atomic E-state index is 0.0511. The highest BCUT2D eigenvalue weighted by Gasteiger charge is 2.22. The summed E-state index contributed by atoms with van der Waals surface area (Å²) < 4.78 is 44.9. The SMILES string of the molecule is Cc1cc(OCC(=O)O)ccc1SCC=C(c1ccccc1)c1cccc(C(F)C(F)F)c1. The molecule has 0 saturated carbocycles. The number of rotatable bonds is 10. The van der Waals surface area contributed by atoms with Crippen LogP contribution in [-0.2, 0) is 4.79 Å². The van der Waals surface area contributed by atoms with Gasteiger partial charge in [0.1, 0.15) is 5.75 Å². The van der Waals surface area contributed by atoms with Gasteiger partial charge < -0.3 is 9.84 Å². The van der Waals surface area contributed by atoms with Gasteiger partial charge >= 0.3 is 5.97 Å². The molecule has 33 heavy (non-hydrogen) atoms. The Morgan fingerprint density at radius 1 is 1.00 bits per heavy atom. The molecule has 3 nitrogen and oxygen atoms in total. The second-order valence-electron chi connectivity index (χ2n) is 7.27. The van der Waals surface area contributed by atoms with Crippen LogP contribution in [0.25, 0.3) is 5.57 Å². The van der Waals surface area contributed by atoms with Crippen molar-refractivity contribution in [1.82, 2.24) is 0 Å². The zero-order valence-corrected chi connectivity index (χ0v) is 18.7. The topological polar surface area (TPSA) is 46.5 Å². The summed E-state index contributed by atoms with van der Waals surface area (Å²) in [5, 5.41) is 8.74. The predicted molar refractivity (Wildman–Crippen MR) is 125 cm³/mol. The quantitative estimate of drug-likeness (QED) is 0.324. The Hall–Kier alpha value is -3.19. The van der Waals surface area contributed by atoms with Gasteiger partial charge in [0.15, 0.2) is 12.8 Å². The lowest BCUT2D eigenvalue weighted by atomic mass is 9.95. The standard InChI is InChI=1S/C26H23F3O3S/c1-17-14-21(32-16-24(30)31)10-11-23(17)33-13-12-22(18-6-3-2-4-7-18)19-8-5-9-20(15-19)25(27)26(28)29/h2-12,14-15,25-26H,13,16H2,1H3,(H,30,31). The molecule has 0 amide bonds. The van der Waals surface area contributed by atoms with Crippen molar-refractivity contribution in [2.24, 2.45) is 0 Å². The molecule has 0 aliphatic heterocycles. The van der Waals surface area contributed by atoms with Crippen LogP contribution >= 0.6 is 11.8 Å². The smallest absolute Gasteiger partial charge is 0.341 e. The number of aryl methyl sites for hydroxylation is 1. The van der Waals surface area contributed by atoms with Crippen LogP contribution in [0.4, 0.5) is 13.2 Å². The van der Waals surface area contributed by atoms with Gasteiger partial charge in [0.25, 0.3) is 6.43 Å². The third-order valence-electron chi connectivity index (χ3n) is 4.86. The Morgan fingerprint density at radius 3 is 2.39 bits per heavy atom. The molecule has 0 fully saturated rings. The first-order valence-electron chi connectivity index (χ1n) is 10.2. The van der Waals surface area contributed by atoms with Crippen LogP contribution in [0.2, 0.25) is 0 Å². The van der Waals surface area contributed by atoms with Gasteiger partial charge in [-0.15, -0.1) is 11.8 Å². The van der Waals surface area contributed by atoms with E-state index < -0.39 is 25.2 Å². The molecule has 3 rings (SSSR count). The van der Waals surface area contributed by atoms with Crippen LogP contribution in [0.1, 0.15) is 28.4 Å². The highest BCUT2D eigenvalue weighted by atomic mass is 32.2. The summed E-state index contributed by atoms with van der Waals surface area (Å²) in [7, 11) is 0. The minimum atomic E-state index is -3.08. The van der Waals surface area contributed by atoms with Crippen LogP contribution in [-0.4, -0.2) is 29.9 Å². The maximum Gasteiger partial charge on any atom is 0.341 e. The summed E-state index contributed by atoms with van der Waals surface area (Å²) in [6.07, 6.45) is -3.42. The number of aliphatic carboxylic acids is 1. The van der Waals surface area contributed by atoms with Gasteiger partial charge in [-0.05, 0) is 59.0 Å². The Balaban J connectivity index is 1.83. The van der Waals surface area contributed by atoms with Crippen LogP contribution < -0.4 is 4.74 Å². The number of hydrogen-bond donors (Lipinski definition) is 1. The van der Waals surface area contributed by atoms with E-state index in [2.05, 4.69) is 0 Å². The van der Waals surface area contributed by atoms with Gasteiger partial charge in [-0.2, -0.15) is 0 Å². The molecule has 3 aromatic rings. The molecule has 3 aromatic carbocycles. The van der Waals surface area contributed by atoms with E-state index in [4.69, 9.17) is 9.84 Å². The molecule has 0 saturated heterocycles. The number of carbonyl (C=O) groups is 1. The van der Waals surface area contributed by atoms with Gasteiger partial charge in [-0.3, -0.25) is 0 Å². The maximum absolute atomic E-state index is 13.9. The summed E-state index contributed by atoms with van der Waals surface area (Å²) in [5.74, 6) is 0.0243. The summed E-state index contributed by atoms with van der Waals surface area (Å²) in [4.78, 5) is 11.7. The highest BCUT2D eigenvalue weighted by Crippen LogP contribution is 2.32. The largest absolute Gasteiger partial charge is 0.482 e. The Kier molecular flexibility index (Phi) is 8.60. The summed E-state index contributed by atoms with van der Waals surface area (Å²) in [5.41, 5.74) is 3.28. The van der Waals surface area contributed by atoms with Crippen LogP contribution in [0, 0.1) is 6.92 Å². The van der Waals surface area contributed by atoms with E-state index in [9.17, 15) is 18.0 Å². The number of halogens is 3. The molecule has 0 aromatic heterocycles. The van der Waals surface area contributed by atoms with E-state index in [-0.39, 0.29) is 5.56 Å². The van der Waals surface area contributed by atoms with Gasteiger partial charge in [-0.1, -0.05) is 54.6 Å². The third kappa shape index (κ3) is 6.89. The molecule has 0 radical (unpaired) electrons. The van der Waals surface area contributed by atoms with E-state index in [1.54, 1.807) is 36.0 Å². The van der Waals surface area contributed by atoms with Gasteiger partial charge in [0.05, 0.1) is 0 Å². The monoisotopic (exact) mass is 472 g/mol. The van der Waals surface area contributed by atoms with E-state index in [0.29, 0.717) is 17.1 Å². The molecule has 1 unspecified atom stereocenters. The Bertz CT molecular complexity index is 1120. The molecule has 0 aliphatic carbocycles. The first-order chi connectivity index (χ1) is 15.8. The maximum atomic E-state index is 13.9. The average Bonchev–Trinajstić information content (AvgIpc) is 2.81. The van der Waals surface area contributed by atoms with Crippen molar-refractivity contribution >= 4 is 23.3 Å². The zero-order valence-electron chi connectivity index (χ0n) is 17.9. The van der Waals surface area contributed by atoms with E-state index in [0.717, 1.165) is 21.6 Å². The van der Waals surface area contributed by atoms with Crippen molar-refractivity contribution in [3.8, 4) is 5.75 Å². The highest BCUT2D eigenvalue weighted by molar-refractivity contribution is 7.99. The van der Waals surface area contributed by atoms with E-state index >= 15 is 0 Å². The fourth-order valence-corrected chi connectivity index (χ4v) is 4.16. The molecule has 0 heterocycles.